The number of amides is 1. The molecule has 12 heteroatoms. The minimum atomic E-state index is -3.02. The van der Waals surface area contributed by atoms with Gasteiger partial charge in [0.2, 0.25) is 5.91 Å². The number of thiazole rings is 1. The Hall–Kier alpha value is -2.65. The fourth-order valence-corrected chi connectivity index (χ4v) is 7.35. The van der Waals surface area contributed by atoms with Crippen molar-refractivity contribution >= 4 is 32.8 Å². The van der Waals surface area contributed by atoms with Crippen LogP contribution in [0.25, 0.3) is 10.4 Å². The molecule has 3 aliphatic rings. The Morgan fingerprint density at radius 1 is 1.19 bits per heavy atom. The topological polar surface area (TPSA) is 103 Å². The number of anilines is 1. The average molecular weight is 553 g/mol. The lowest BCUT2D eigenvalue weighted by Gasteiger charge is -2.32. The zero-order chi connectivity index (χ0) is 26.4. The Balaban J connectivity index is 1.44. The highest BCUT2D eigenvalue weighted by Gasteiger charge is 2.48. The van der Waals surface area contributed by atoms with Crippen LogP contribution in [0.15, 0.2) is 24.3 Å². The molecule has 1 amide bonds. The number of hydrogen-bond acceptors (Lipinski definition) is 7. The molecule has 7 nitrogen and oxygen atoms in total. The molecule has 1 aromatic carbocycles. The highest BCUT2D eigenvalue weighted by Crippen LogP contribution is 2.46. The van der Waals surface area contributed by atoms with Gasteiger partial charge in [-0.15, -0.1) is 11.3 Å². The molecule has 1 aliphatic heterocycles. The lowest BCUT2D eigenvalue weighted by molar-refractivity contribution is -0.128. The van der Waals surface area contributed by atoms with Crippen LogP contribution in [0.1, 0.15) is 55.1 Å². The van der Waals surface area contributed by atoms with Crippen LogP contribution in [-0.2, 0) is 14.6 Å². The maximum Gasteiger partial charge on any atom is 0.289 e. The van der Waals surface area contributed by atoms with Crippen LogP contribution in [0.3, 0.4) is 0 Å². The summed E-state index contributed by atoms with van der Waals surface area (Å²) in [5.74, 6) is -1.62. The molecule has 198 valence electrons. The summed E-state index contributed by atoms with van der Waals surface area (Å²) in [4.78, 5) is 19.9. The van der Waals surface area contributed by atoms with E-state index in [9.17, 15) is 31.6 Å². The Labute approximate surface area is 217 Å². The fraction of sp³-hybridized carbons (Fsp3) is 0.560. The summed E-state index contributed by atoms with van der Waals surface area (Å²) in [6.07, 6.45) is -2.44. The number of carbonyl (C=O) groups is 1. The predicted octanol–water partition coefficient (Wildman–Crippen LogP) is 4.38. The minimum Gasteiger partial charge on any atom is -0.369 e. The number of nitrogens with zero attached hydrogens (tertiary/aromatic N) is 3. The molecule has 0 unspecified atom stereocenters. The SMILES string of the molecule is N#CC1(NC(=O)[C@@H]2C[C@@H](F)CC[C@H]2c2nc(C(F)F)sc2-c2ccc(N3CCS(=O)(=O)CC3)cc2)CC1. The van der Waals surface area contributed by atoms with Crippen molar-refractivity contribution in [2.75, 3.05) is 29.5 Å². The summed E-state index contributed by atoms with van der Waals surface area (Å²) in [6, 6.07) is 9.33. The number of nitriles is 1. The van der Waals surface area contributed by atoms with Crippen LogP contribution in [0.5, 0.6) is 0 Å². The standard InChI is InChI=1S/C25H27F3N4O3S2/c26-16-3-6-18(19(13-16)23(33)31-25(14-29)7-8-25)20-21(36-24(30-20)22(27)28)15-1-4-17(5-2-15)32-9-11-37(34,35)12-10-32/h1-2,4-5,16,18-19,22H,3,6-13H2,(H,31,33)/t16-,18+,19+/m0/s1. The normalized spacial score (nSPS) is 26.5. The van der Waals surface area contributed by atoms with Crippen LogP contribution in [0.4, 0.5) is 18.9 Å². The van der Waals surface area contributed by atoms with Gasteiger partial charge in [0.1, 0.15) is 11.7 Å². The predicted molar refractivity (Wildman–Crippen MR) is 134 cm³/mol. The summed E-state index contributed by atoms with van der Waals surface area (Å²) in [7, 11) is -3.02. The van der Waals surface area contributed by atoms with Crippen molar-refractivity contribution < 1.29 is 26.4 Å². The van der Waals surface area contributed by atoms with Gasteiger partial charge in [0, 0.05) is 30.6 Å². The van der Waals surface area contributed by atoms with Crippen molar-refractivity contribution in [3.63, 3.8) is 0 Å². The summed E-state index contributed by atoms with van der Waals surface area (Å²) in [5.41, 5.74) is 0.948. The van der Waals surface area contributed by atoms with Crippen molar-refractivity contribution in [1.29, 1.82) is 5.26 Å². The third-order valence-corrected chi connectivity index (χ3v) is 10.2. The first-order valence-electron chi connectivity index (χ1n) is 12.3. The first-order chi connectivity index (χ1) is 17.6. The van der Waals surface area contributed by atoms with Gasteiger partial charge in [-0.1, -0.05) is 12.1 Å². The van der Waals surface area contributed by atoms with Crippen molar-refractivity contribution in [2.45, 2.75) is 56.2 Å². The molecular weight excluding hydrogens is 525 g/mol. The molecule has 3 fully saturated rings. The number of halogens is 3. The fourth-order valence-electron chi connectivity index (χ4n) is 5.15. The molecule has 5 rings (SSSR count). The van der Waals surface area contributed by atoms with Crippen molar-refractivity contribution in [2.24, 2.45) is 5.92 Å². The number of benzene rings is 1. The van der Waals surface area contributed by atoms with Gasteiger partial charge in [-0.25, -0.2) is 26.6 Å². The molecule has 2 heterocycles. The van der Waals surface area contributed by atoms with E-state index in [0.717, 1.165) is 17.0 Å². The maximum absolute atomic E-state index is 14.4. The van der Waals surface area contributed by atoms with Crippen LogP contribution in [-0.4, -0.2) is 55.6 Å². The summed E-state index contributed by atoms with van der Waals surface area (Å²) < 4.78 is 65.3. The minimum absolute atomic E-state index is 0.0458. The molecule has 2 aliphatic carbocycles. The third-order valence-electron chi connectivity index (χ3n) is 7.50. The Morgan fingerprint density at radius 2 is 1.86 bits per heavy atom. The monoisotopic (exact) mass is 552 g/mol. The second-order valence-corrected chi connectivity index (χ2v) is 13.4. The summed E-state index contributed by atoms with van der Waals surface area (Å²) in [6.45, 7) is 0.771. The molecule has 2 aromatic rings. The molecule has 1 aromatic heterocycles. The Kier molecular flexibility index (Phi) is 6.96. The van der Waals surface area contributed by atoms with Crippen molar-refractivity contribution in [3.05, 3.63) is 35.0 Å². The van der Waals surface area contributed by atoms with Gasteiger partial charge < -0.3 is 10.2 Å². The van der Waals surface area contributed by atoms with Gasteiger partial charge in [0.15, 0.2) is 14.8 Å². The van der Waals surface area contributed by atoms with E-state index in [0.29, 0.717) is 48.5 Å². The van der Waals surface area contributed by atoms with E-state index in [1.54, 1.807) is 12.1 Å². The highest BCUT2D eigenvalue weighted by atomic mass is 32.2. The van der Waals surface area contributed by atoms with Crippen LogP contribution in [0.2, 0.25) is 0 Å². The zero-order valence-corrected chi connectivity index (χ0v) is 21.6. The second-order valence-electron chi connectivity index (χ2n) is 10.1. The summed E-state index contributed by atoms with van der Waals surface area (Å²) >= 11 is 0.868. The number of rotatable bonds is 6. The van der Waals surface area contributed by atoms with Gasteiger partial charge in [0.05, 0.1) is 28.1 Å². The average Bonchev–Trinajstić information content (AvgIpc) is 3.50. The quantitative estimate of drug-likeness (QED) is 0.571. The van der Waals surface area contributed by atoms with Crippen LogP contribution in [0, 0.1) is 17.2 Å². The molecule has 2 saturated carbocycles. The molecule has 0 bridgehead atoms. The molecule has 37 heavy (non-hydrogen) atoms. The second kappa shape index (κ2) is 9.91. The smallest absolute Gasteiger partial charge is 0.289 e. The molecule has 0 spiro atoms. The summed E-state index contributed by atoms with van der Waals surface area (Å²) in [5, 5.41) is 11.8. The Morgan fingerprint density at radius 3 is 2.46 bits per heavy atom. The zero-order valence-electron chi connectivity index (χ0n) is 20.0. The number of hydrogen-bond donors (Lipinski definition) is 1. The maximum atomic E-state index is 14.4. The van der Waals surface area contributed by atoms with Crippen LogP contribution >= 0.6 is 11.3 Å². The van der Waals surface area contributed by atoms with Crippen molar-refractivity contribution in [3.8, 4) is 16.5 Å². The van der Waals surface area contributed by atoms with Gasteiger partial charge >= 0.3 is 0 Å². The van der Waals surface area contributed by atoms with E-state index in [-0.39, 0.29) is 29.4 Å². The first-order valence-corrected chi connectivity index (χ1v) is 15.0. The molecule has 1 saturated heterocycles. The van der Waals surface area contributed by atoms with E-state index >= 15 is 0 Å². The van der Waals surface area contributed by atoms with Gasteiger partial charge in [-0.2, -0.15) is 5.26 Å². The number of carbonyl (C=O) groups excluding carboxylic acids is 1. The number of alkyl halides is 3. The molecule has 0 radical (unpaired) electrons. The molecule has 3 atom stereocenters. The van der Waals surface area contributed by atoms with E-state index in [2.05, 4.69) is 16.4 Å². The number of aromatic nitrogens is 1. The van der Waals surface area contributed by atoms with E-state index in [1.807, 2.05) is 17.0 Å². The van der Waals surface area contributed by atoms with E-state index in [4.69, 9.17) is 0 Å². The lowest BCUT2D eigenvalue weighted by Crippen LogP contribution is -2.44. The third kappa shape index (κ3) is 5.48. The first kappa shape index (κ1) is 26.0. The van der Waals surface area contributed by atoms with E-state index in [1.165, 1.54) is 0 Å². The lowest BCUT2D eigenvalue weighted by atomic mass is 9.75. The van der Waals surface area contributed by atoms with E-state index < -0.39 is 45.7 Å². The van der Waals surface area contributed by atoms with Gasteiger partial charge in [0.25, 0.3) is 6.43 Å². The van der Waals surface area contributed by atoms with Gasteiger partial charge in [-0.05, 0) is 49.8 Å². The van der Waals surface area contributed by atoms with Crippen molar-refractivity contribution in [1.82, 2.24) is 10.3 Å². The largest absolute Gasteiger partial charge is 0.369 e. The molecule has 1 N–H and O–H groups in total. The number of sulfone groups is 1. The van der Waals surface area contributed by atoms with Crippen LogP contribution < -0.4 is 10.2 Å². The Bertz CT molecular complexity index is 1310. The highest BCUT2D eigenvalue weighted by molar-refractivity contribution is 7.91. The number of nitrogens with one attached hydrogen (secondary N) is 1. The van der Waals surface area contributed by atoms with Gasteiger partial charge in [-0.3, -0.25) is 4.79 Å². The molecular formula is C25H27F3N4O3S2.